The van der Waals surface area contributed by atoms with Gasteiger partial charge in [0.15, 0.2) is 0 Å². The normalized spacial score (nSPS) is 10.0. The molecule has 0 aliphatic rings. The quantitative estimate of drug-likeness (QED) is 0.534. The number of carbonyl (C=O) groups excluding carboxylic acids is 2. The van der Waals surface area contributed by atoms with Gasteiger partial charge in [-0.1, -0.05) is 0 Å². The Morgan fingerprint density at radius 1 is 1.33 bits per heavy atom. The summed E-state index contributed by atoms with van der Waals surface area (Å²) < 4.78 is 5.58. The maximum absolute atomic E-state index is 11.8. The van der Waals surface area contributed by atoms with Crippen LogP contribution in [0, 0.1) is 0 Å². The molecule has 6 heteroatoms. The molecule has 0 radical (unpaired) electrons. The van der Waals surface area contributed by atoms with Gasteiger partial charge in [-0.05, 0) is 43.7 Å². The molecule has 0 fully saturated rings. The SMILES string of the molecule is CNC(=O)N(CCC=O)c1ccc(OCCCCN)cc1. The number of rotatable bonds is 9. The Morgan fingerprint density at radius 2 is 2.05 bits per heavy atom. The number of nitrogens with two attached hydrogens (primary N) is 1. The van der Waals surface area contributed by atoms with E-state index >= 15 is 0 Å². The number of carbonyl (C=O) groups is 2. The van der Waals surface area contributed by atoms with E-state index in [1.807, 2.05) is 12.1 Å². The minimum absolute atomic E-state index is 0.242. The van der Waals surface area contributed by atoms with Crippen molar-refractivity contribution >= 4 is 18.0 Å². The van der Waals surface area contributed by atoms with E-state index in [0.29, 0.717) is 26.1 Å². The molecule has 1 aromatic carbocycles. The number of unbranched alkanes of at least 4 members (excludes halogenated alkanes) is 1. The highest BCUT2D eigenvalue weighted by Gasteiger charge is 2.13. The fourth-order valence-corrected chi connectivity index (χ4v) is 1.82. The Morgan fingerprint density at radius 3 is 2.62 bits per heavy atom. The van der Waals surface area contributed by atoms with Crippen molar-refractivity contribution in [3.63, 3.8) is 0 Å². The zero-order chi connectivity index (χ0) is 15.5. The van der Waals surface area contributed by atoms with Gasteiger partial charge in [-0.25, -0.2) is 4.79 Å². The number of benzene rings is 1. The van der Waals surface area contributed by atoms with Crippen molar-refractivity contribution < 1.29 is 14.3 Å². The molecule has 0 spiro atoms. The number of nitrogens with zero attached hydrogens (tertiary/aromatic N) is 1. The van der Waals surface area contributed by atoms with Gasteiger partial charge in [0.2, 0.25) is 0 Å². The molecule has 21 heavy (non-hydrogen) atoms. The Bertz CT molecular complexity index is 434. The van der Waals surface area contributed by atoms with E-state index in [1.165, 1.54) is 4.90 Å². The number of amides is 2. The van der Waals surface area contributed by atoms with E-state index < -0.39 is 0 Å². The fraction of sp³-hybridized carbons (Fsp3) is 0.467. The lowest BCUT2D eigenvalue weighted by Gasteiger charge is -2.21. The van der Waals surface area contributed by atoms with Gasteiger partial charge in [0.25, 0.3) is 0 Å². The summed E-state index contributed by atoms with van der Waals surface area (Å²) in [6.45, 7) is 1.64. The number of anilines is 1. The summed E-state index contributed by atoms with van der Waals surface area (Å²) in [6.07, 6.45) is 2.95. The molecule has 116 valence electrons. The summed E-state index contributed by atoms with van der Waals surface area (Å²) in [7, 11) is 1.56. The highest BCUT2D eigenvalue weighted by Crippen LogP contribution is 2.20. The molecular formula is C15H23N3O3. The van der Waals surface area contributed by atoms with Crippen LogP contribution in [0.4, 0.5) is 10.5 Å². The van der Waals surface area contributed by atoms with Crippen LogP contribution >= 0.6 is 0 Å². The van der Waals surface area contributed by atoms with Crippen molar-refractivity contribution in [3.05, 3.63) is 24.3 Å². The molecule has 2 amide bonds. The molecule has 0 saturated carbocycles. The minimum atomic E-state index is -0.242. The monoisotopic (exact) mass is 293 g/mol. The standard InChI is InChI=1S/C15H23N3O3/c1-17-15(20)18(10-4-11-19)13-5-7-14(8-6-13)21-12-3-2-9-16/h5-8,11H,2-4,9-10,12,16H2,1H3,(H,17,20). The van der Waals surface area contributed by atoms with Crippen molar-refractivity contribution in [2.24, 2.45) is 5.73 Å². The lowest BCUT2D eigenvalue weighted by atomic mass is 10.2. The van der Waals surface area contributed by atoms with Crippen LogP contribution in [0.3, 0.4) is 0 Å². The maximum Gasteiger partial charge on any atom is 0.321 e. The van der Waals surface area contributed by atoms with Crippen LogP contribution in [0.5, 0.6) is 5.75 Å². The molecule has 0 heterocycles. The average molecular weight is 293 g/mol. The zero-order valence-electron chi connectivity index (χ0n) is 12.4. The number of ether oxygens (including phenoxy) is 1. The Balaban J connectivity index is 2.64. The number of hydrogen-bond acceptors (Lipinski definition) is 4. The number of hydrogen-bond donors (Lipinski definition) is 2. The van der Waals surface area contributed by atoms with E-state index in [4.69, 9.17) is 10.5 Å². The van der Waals surface area contributed by atoms with Crippen LogP contribution in [0.2, 0.25) is 0 Å². The molecule has 1 aromatic rings. The van der Waals surface area contributed by atoms with Gasteiger partial charge in [-0.2, -0.15) is 0 Å². The summed E-state index contributed by atoms with van der Waals surface area (Å²) in [5.74, 6) is 0.753. The third kappa shape index (κ3) is 5.83. The lowest BCUT2D eigenvalue weighted by molar-refractivity contribution is -0.107. The van der Waals surface area contributed by atoms with Crippen LogP contribution in [0.1, 0.15) is 19.3 Å². The summed E-state index contributed by atoms with van der Waals surface area (Å²) in [5.41, 5.74) is 6.15. The van der Waals surface area contributed by atoms with Crippen molar-refractivity contribution in [1.82, 2.24) is 5.32 Å². The second kappa shape index (κ2) is 9.77. The Kier molecular flexibility index (Phi) is 7.89. The van der Waals surface area contributed by atoms with E-state index in [1.54, 1.807) is 19.2 Å². The summed E-state index contributed by atoms with van der Waals surface area (Å²) in [4.78, 5) is 23.8. The molecule has 0 aliphatic heterocycles. The number of aldehydes is 1. The second-order valence-electron chi connectivity index (χ2n) is 4.50. The predicted molar refractivity (Wildman–Crippen MR) is 82.7 cm³/mol. The van der Waals surface area contributed by atoms with Crippen molar-refractivity contribution in [2.45, 2.75) is 19.3 Å². The third-order valence-corrected chi connectivity index (χ3v) is 2.95. The zero-order valence-corrected chi connectivity index (χ0v) is 12.4. The van der Waals surface area contributed by atoms with Crippen LogP contribution < -0.4 is 20.7 Å². The van der Waals surface area contributed by atoms with E-state index in [2.05, 4.69) is 5.32 Å². The predicted octanol–water partition coefficient (Wildman–Crippen LogP) is 1.54. The van der Waals surface area contributed by atoms with Gasteiger partial charge in [0.05, 0.1) is 6.61 Å². The molecule has 0 atom stereocenters. The highest BCUT2D eigenvalue weighted by atomic mass is 16.5. The molecule has 1 rings (SSSR count). The molecule has 0 unspecified atom stereocenters. The lowest BCUT2D eigenvalue weighted by Crippen LogP contribution is -2.38. The number of nitrogens with one attached hydrogen (secondary N) is 1. The molecule has 0 aliphatic carbocycles. The molecule has 0 bridgehead atoms. The maximum atomic E-state index is 11.8. The highest BCUT2D eigenvalue weighted by molar-refractivity contribution is 5.92. The third-order valence-electron chi connectivity index (χ3n) is 2.95. The topological polar surface area (TPSA) is 84.7 Å². The first-order valence-corrected chi connectivity index (χ1v) is 7.08. The number of urea groups is 1. The van der Waals surface area contributed by atoms with Gasteiger partial charge >= 0.3 is 6.03 Å². The van der Waals surface area contributed by atoms with Crippen LogP contribution in [0.25, 0.3) is 0 Å². The minimum Gasteiger partial charge on any atom is -0.494 e. The first kappa shape index (κ1) is 17.0. The van der Waals surface area contributed by atoms with E-state index in [-0.39, 0.29) is 6.03 Å². The van der Waals surface area contributed by atoms with Crippen molar-refractivity contribution in [3.8, 4) is 5.75 Å². The fourth-order valence-electron chi connectivity index (χ4n) is 1.82. The van der Waals surface area contributed by atoms with E-state index in [0.717, 1.165) is 30.6 Å². The smallest absolute Gasteiger partial charge is 0.321 e. The average Bonchev–Trinajstić information content (AvgIpc) is 2.53. The van der Waals surface area contributed by atoms with Gasteiger partial charge in [-0.15, -0.1) is 0 Å². The van der Waals surface area contributed by atoms with E-state index in [9.17, 15) is 9.59 Å². The summed E-state index contributed by atoms with van der Waals surface area (Å²) in [5, 5.41) is 2.56. The first-order chi connectivity index (χ1) is 10.2. The van der Waals surface area contributed by atoms with Gasteiger partial charge in [0.1, 0.15) is 12.0 Å². The molecule has 0 aromatic heterocycles. The molecule has 6 nitrogen and oxygen atoms in total. The molecule has 3 N–H and O–H groups in total. The summed E-state index contributed by atoms with van der Waals surface area (Å²) in [6, 6.07) is 6.99. The van der Waals surface area contributed by atoms with Gasteiger partial charge in [0, 0.05) is 25.7 Å². The van der Waals surface area contributed by atoms with Crippen LogP contribution in [-0.2, 0) is 4.79 Å². The second-order valence-corrected chi connectivity index (χ2v) is 4.50. The van der Waals surface area contributed by atoms with Gasteiger partial charge in [-0.3, -0.25) is 4.90 Å². The molecule has 0 saturated heterocycles. The Labute approximate surface area is 125 Å². The largest absolute Gasteiger partial charge is 0.494 e. The molecular weight excluding hydrogens is 270 g/mol. The van der Waals surface area contributed by atoms with Crippen LogP contribution in [-0.4, -0.2) is 39.1 Å². The van der Waals surface area contributed by atoms with Crippen LogP contribution in [0.15, 0.2) is 24.3 Å². The first-order valence-electron chi connectivity index (χ1n) is 7.08. The van der Waals surface area contributed by atoms with Crippen molar-refractivity contribution in [2.75, 3.05) is 31.6 Å². The van der Waals surface area contributed by atoms with Gasteiger partial charge < -0.3 is 20.6 Å². The Hall–Kier alpha value is -2.08. The summed E-state index contributed by atoms with van der Waals surface area (Å²) >= 11 is 0. The van der Waals surface area contributed by atoms with Crippen molar-refractivity contribution in [1.29, 1.82) is 0 Å².